The lowest BCUT2D eigenvalue weighted by Crippen LogP contribution is -2.26. The molecule has 3 aromatic rings. The van der Waals surface area contributed by atoms with Gasteiger partial charge >= 0.3 is 5.63 Å². The highest BCUT2D eigenvalue weighted by molar-refractivity contribution is 5.85. The molecule has 28 heavy (non-hydrogen) atoms. The summed E-state index contributed by atoms with van der Waals surface area (Å²) < 4.78 is 16.2. The number of benzene rings is 2. The van der Waals surface area contributed by atoms with Crippen LogP contribution in [0, 0.1) is 13.8 Å². The molecule has 1 heterocycles. The number of hydrogen-bond donors (Lipinski definition) is 2. The second-order valence-corrected chi connectivity index (χ2v) is 6.34. The van der Waals surface area contributed by atoms with E-state index in [4.69, 9.17) is 13.9 Å². The van der Waals surface area contributed by atoms with Gasteiger partial charge in [-0.05, 0) is 43.7 Å². The highest BCUT2D eigenvalue weighted by Gasteiger charge is 2.11. The van der Waals surface area contributed by atoms with E-state index in [0.717, 1.165) is 16.6 Å². The molecule has 0 unspecified atom stereocenters. The minimum atomic E-state index is -0.725. The zero-order valence-corrected chi connectivity index (χ0v) is 16.8. The Morgan fingerprint density at radius 1 is 1.14 bits per heavy atom. The molecule has 0 amide bonds. The largest absolute Gasteiger partial charge is 0.495 e. The molecule has 0 aliphatic rings. The molecule has 0 aliphatic heterocycles. The van der Waals surface area contributed by atoms with Crippen LogP contribution in [0.4, 0.5) is 5.69 Å². The van der Waals surface area contributed by atoms with E-state index in [1.54, 1.807) is 26.2 Å². The standard InChI is InChI=1S/C21H23NO5.ClH/c1-13-14(2)21(24)27-20-10-16(8-9-17(13)20)26-12-15(23)11-22-18-6-4-5-7-19(18)25-3;/h4-10,15,22-23H,11-12H2,1-3H3;1H/t15-;/m0./s1. The van der Waals surface area contributed by atoms with Crippen LogP contribution in [0.2, 0.25) is 0 Å². The predicted octanol–water partition coefficient (Wildman–Crippen LogP) is 3.69. The number of anilines is 1. The Kier molecular flexibility index (Phi) is 7.31. The summed E-state index contributed by atoms with van der Waals surface area (Å²) in [6, 6.07) is 12.8. The molecule has 6 nitrogen and oxygen atoms in total. The first-order chi connectivity index (χ1) is 13.0. The van der Waals surface area contributed by atoms with Crippen molar-refractivity contribution >= 4 is 29.1 Å². The number of aliphatic hydroxyl groups excluding tert-OH is 1. The Labute approximate surface area is 169 Å². The lowest BCUT2D eigenvalue weighted by Gasteiger charge is -2.16. The molecular weight excluding hydrogens is 382 g/mol. The summed E-state index contributed by atoms with van der Waals surface area (Å²) in [5.41, 5.74) is 2.43. The summed E-state index contributed by atoms with van der Waals surface area (Å²) in [6.07, 6.45) is -0.725. The Bertz CT molecular complexity index is 1000. The number of aryl methyl sites for hydroxylation is 1. The summed E-state index contributed by atoms with van der Waals surface area (Å²) >= 11 is 0. The van der Waals surface area contributed by atoms with Gasteiger partial charge in [0, 0.05) is 23.6 Å². The maximum absolute atomic E-state index is 11.8. The third-order valence-corrected chi connectivity index (χ3v) is 4.51. The molecule has 1 atom stereocenters. The fourth-order valence-corrected chi connectivity index (χ4v) is 2.79. The van der Waals surface area contributed by atoms with Gasteiger partial charge in [-0.15, -0.1) is 12.4 Å². The summed E-state index contributed by atoms with van der Waals surface area (Å²) in [4.78, 5) is 11.8. The molecular formula is C21H24ClNO5. The van der Waals surface area contributed by atoms with E-state index < -0.39 is 6.10 Å². The number of methoxy groups -OCH3 is 1. The number of fused-ring (bicyclic) bond motifs is 1. The number of rotatable bonds is 7. The first kappa shape index (κ1) is 21.6. The molecule has 0 radical (unpaired) electrons. The fraction of sp³-hybridized carbons (Fsp3) is 0.286. The van der Waals surface area contributed by atoms with Crippen LogP contribution in [-0.2, 0) is 0 Å². The maximum Gasteiger partial charge on any atom is 0.339 e. The van der Waals surface area contributed by atoms with Gasteiger partial charge in [0.05, 0.1) is 12.8 Å². The minimum Gasteiger partial charge on any atom is -0.495 e. The molecule has 150 valence electrons. The van der Waals surface area contributed by atoms with Crippen LogP contribution in [0.25, 0.3) is 11.0 Å². The van der Waals surface area contributed by atoms with Gasteiger partial charge in [-0.3, -0.25) is 0 Å². The molecule has 2 aromatic carbocycles. The normalized spacial score (nSPS) is 11.6. The van der Waals surface area contributed by atoms with E-state index in [0.29, 0.717) is 29.2 Å². The van der Waals surface area contributed by atoms with Crippen LogP contribution in [0.15, 0.2) is 51.7 Å². The Balaban J connectivity index is 0.00000280. The van der Waals surface area contributed by atoms with Crippen molar-refractivity contribution in [3.8, 4) is 11.5 Å². The predicted molar refractivity (Wildman–Crippen MR) is 112 cm³/mol. The van der Waals surface area contributed by atoms with Crippen molar-refractivity contribution in [2.24, 2.45) is 0 Å². The number of ether oxygens (including phenoxy) is 2. The first-order valence-electron chi connectivity index (χ1n) is 8.71. The Morgan fingerprint density at radius 3 is 2.64 bits per heavy atom. The van der Waals surface area contributed by atoms with E-state index in [2.05, 4.69) is 5.32 Å². The van der Waals surface area contributed by atoms with Gasteiger partial charge in [-0.2, -0.15) is 0 Å². The van der Waals surface area contributed by atoms with Crippen molar-refractivity contribution in [2.75, 3.05) is 25.6 Å². The van der Waals surface area contributed by atoms with Crippen molar-refractivity contribution in [3.63, 3.8) is 0 Å². The van der Waals surface area contributed by atoms with Crippen LogP contribution >= 0.6 is 12.4 Å². The number of aliphatic hydroxyl groups is 1. The smallest absolute Gasteiger partial charge is 0.339 e. The summed E-state index contributed by atoms with van der Waals surface area (Å²) in [6.45, 7) is 4.04. The van der Waals surface area contributed by atoms with Crippen molar-refractivity contribution in [1.82, 2.24) is 0 Å². The van der Waals surface area contributed by atoms with Crippen molar-refractivity contribution < 1.29 is 19.0 Å². The molecule has 7 heteroatoms. The van der Waals surface area contributed by atoms with Gasteiger partial charge in [-0.1, -0.05) is 12.1 Å². The molecule has 0 saturated heterocycles. The molecule has 2 N–H and O–H groups in total. The third-order valence-electron chi connectivity index (χ3n) is 4.51. The average molecular weight is 406 g/mol. The monoisotopic (exact) mass is 405 g/mol. The van der Waals surface area contributed by atoms with Crippen LogP contribution in [-0.4, -0.2) is 31.5 Å². The van der Waals surface area contributed by atoms with E-state index in [-0.39, 0.29) is 24.6 Å². The van der Waals surface area contributed by atoms with Gasteiger partial charge in [0.1, 0.15) is 29.8 Å². The second-order valence-electron chi connectivity index (χ2n) is 6.34. The number of hydrogen-bond acceptors (Lipinski definition) is 6. The van der Waals surface area contributed by atoms with E-state index in [1.165, 1.54) is 0 Å². The van der Waals surface area contributed by atoms with Crippen molar-refractivity contribution in [3.05, 3.63) is 64.0 Å². The topological polar surface area (TPSA) is 80.9 Å². The summed E-state index contributed by atoms with van der Waals surface area (Å²) in [5.74, 6) is 1.24. The van der Waals surface area contributed by atoms with Gasteiger partial charge in [-0.25, -0.2) is 4.79 Å². The Morgan fingerprint density at radius 2 is 1.89 bits per heavy atom. The zero-order chi connectivity index (χ0) is 19.4. The lowest BCUT2D eigenvalue weighted by atomic mass is 10.1. The third kappa shape index (κ3) is 4.77. The molecule has 0 saturated carbocycles. The lowest BCUT2D eigenvalue weighted by molar-refractivity contribution is 0.117. The van der Waals surface area contributed by atoms with Crippen LogP contribution in [0.1, 0.15) is 11.1 Å². The highest BCUT2D eigenvalue weighted by atomic mass is 35.5. The van der Waals surface area contributed by atoms with Crippen LogP contribution < -0.4 is 20.4 Å². The van der Waals surface area contributed by atoms with Crippen LogP contribution in [0.3, 0.4) is 0 Å². The molecule has 1 aromatic heterocycles. The second kappa shape index (κ2) is 9.48. The fourth-order valence-electron chi connectivity index (χ4n) is 2.79. The maximum atomic E-state index is 11.8. The summed E-state index contributed by atoms with van der Waals surface area (Å²) in [7, 11) is 1.60. The van der Waals surface area contributed by atoms with Crippen LogP contribution in [0.5, 0.6) is 11.5 Å². The van der Waals surface area contributed by atoms with Gasteiger partial charge < -0.3 is 24.3 Å². The van der Waals surface area contributed by atoms with Gasteiger partial charge in [0.15, 0.2) is 0 Å². The zero-order valence-electron chi connectivity index (χ0n) is 16.0. The number of halogens is 1. The number of para-hydroxylation sites is 2. The molecule has 3 rings (SSSR count). The SMILES string of the molecule is COc1ccccc1NC[C@H](O)COc1ccc2c(C)c(C)c(=O)oc2c1.Cl. The van der Waals surface area contributed by atoms with E-state index in [1.807, 2.05) is 37.3 Å². The van der Waals surface area contributed by atoms with Gasteiger partial charge in [0.25, 0.3) is 0 Å². The minimum absolute atomic E-state index is 0. The van der Waals surface area contributed by atoms with E-state index >= 15 is 0 Å². The van der Waals surface area contributed by atoms with E-state index in [9.17, 15) is 9.90 Å². The first-order valence-corrected chi connectivity index (χ1v) is 8.71. The molecule has 0 spiro atoms. The molecule has 0 fully saturated rings. The number of nitrogens with one attached hydrogen (secondary N) is 1. The summed E-state index contributed by atoms with van der Waals surface area (Å²) in [5, 5.41) is 14.2. The van der Waals surface area contributed by atoms with Crippen molar-refractivity contribution in [2.45, 2.75) is 20.0 Å². The molecule has 0 bridgehead atoms. The van der Waals surface area contributed by atoms with Crippen molar-refractivity contribution in [1.29, 1.82) is 0 Å². The quantitative estimate of drug-likeness (QED) is 0.583. The highest BCUT2D eigenvalue weighted by Crippen LogP contribution is 2.24. The molecule has 0 aliphatic carbocycles. The van der Waals surface area contributed by atoms with Gasteiger partial charge in [0.2, 0.25) is 0 Å². The Hall–Kier alpha value is -2.70. The average Bonchev–Trinajstić information content (AvgIpc) is 2.69.